The first-order chi connectivity index (χ1) is 11.1. The molecule has 2 atom stereocenters. The lowest BCUT2D eigenvalue weighted by atomic mass is 10.00. The molecule has 0 fully saturated rings. The summed E-state index contributed by atoms with van der Waals surface area (Å²) in [5.74, 6) is 0.998. The highest BCUT2D eigenvalue weighted by molar-refractivity contribution is 5.76. The van der Waals surface area contributed by atoms with Crippen LogP contribution in [0.15, 0.2) is 34.7 Å². The zero-order valence-electron chi connectivity index (χ0n) is 13.5. The maximum Gasteiger partial charge on any atom is 0.247 e. The van der Waals surface area contributed by atoms with Gasteiger partial charge in [-0.2, -0.15) is 0 Å². The van der Waals surface area contributed by atoms with E-state index in [4.69, 9.17) is 4.42 Å². The van der Waals surface area contributed by atoms with Gasteiger partial charge in [0.1, 0.15) is 0 Å². The Kier molecular flexibility index (Phi) is 6.29. The van der Waals surface area contributed by atoms with Gasteiger partial charge in [-0.3, -0.25) is 4.79 Å². The molecule has 1 aromatic carbocycles. The number of aliphatic hydroxyl groups is 1. The van der Waals surface area contributed by atoms with Gasteiger partial charge < -0.3 is 14.8 Å². The van der Waals surface area contributed by atoms with E-state index in [-0.39, 0.29) is 30.9 Å². The number of aliphatic hydroxyl groups excluding tert-OH is 1. The quantitative estimate of drug-likeness (QED) is 0.779. The molecule has 0 saturated carbocycles. The highest BCUT2D eigenvalue weighted by Crippen LogP contribution is 2.17. The average molecular weight is 317 g/mol. The molecule has 1 heterocycles. The third-order valence-electron chi connectivity index (χ3n) is 3.93. The SMILES string of the molecule is CCC(C)C(CO)NC(=O)CCc1nnc(-c2ccccc2)o1. The van der Waals surface area contributed by atoms with Crippen LogP contribution in [-0.2, 0) is 11.2 Å². The first kappa shape index (κ1) is 17.1. The van der Waals surface area contributed by atoms with Crippen LogP contribution in [0.1, 0.15) is 32.6 Å². The molecular weight excluding hydrogens is 294 g/mol. The molecule has 6 heteroatoms. The minimum absolute atomic E-state index is 0.0561. The summed E-state index contributed by atoms with van der Waals surface area (Å²) >= 11 is 0. The zero-order valence-corrected chi connectivity index (χ0v) is 13.5. The average Bonchev–Trinajstić information content (AvgIpc) is 3.07. The maximum absolute atomic E-state index is 12.0. The molecule has 6 nitrogen and oxygen atoms in total. The Bertz CT molecular complexity index is 613. The number of nitrogens with one attached hydrogen (secondary N) is 1. The van der Waals surface area contributed by atoms with Gasteiger partial charge in [-0.25, -0.2) is 0 Å². The molecule has 0 aliphatic rings. The van der Waals surface area contributed by atoms with E-state index in [1.165, 1.54) is 0 Å². The number of aryl methyl sites for hydroxylation is 1. The summed E-state index contributed by atoms with van der Waals surface area (Å²) in [5, 5.41) is 20.1. The van der Waals surface area contributed by atoms with Gasteiger partial charge in [-0.1, -0.05) is 38.5 Å². The lowest BCUT2D eigenvalue weighted by Gasteiger charge is -2.21. The highest BCUT2D eigenvalue weighted by Gasteiger charge is 2.18. The molecule has 0 aliphatic heterocycles. The molecule has 0 bridgehead atoms. The van der Waals surface area contributed by atoms with E-state index >= 15 is 0 Å². The number of hydrogen-bond acceptors (Lipinski definition) is 5. The van der Waals surface area contributed by atoms with Crippen molar-refractivity contribution in [2.45, 2.75) is 39.2 Å². The smallest absolute Gasteiger partial charge is 0.247 e. The van der Waals surface area contributed by atoms with Gasteiger partial charge in [-0.15, -0.1) is 10.2 Å². The second-order valence-corrected chi connectivity index (χ2v) is 5.61. The molecule has 0 aliphatic carbocycles. The van der Waals surface area contributed by atoms with Crippen LogP contribution in [-0.4, -0.2) is 33.9 Å². The molecule has 1 amide bonds. The monoisotopic (exact) mass is 317 g/mol. The van der Waals surface area contributed by atoms with Crippen molar-refractivity contribution in [3.63, 3.8) is 0 Å². The predicted molar refractivity (Wildman–Crippen MR) is 86.5 cm³/mol. The van der Waals surface area contributed by atoms with Gasteiger partial charge in [0.25, 0.3) is 0 Å². The van der Waals surface area contributed by atoms with Crippen molar-refractivity contribution in [2.75, 3.05) is 6.61 Å². The van der Waals surface area contributed by atoms with Crippen molar-refractivity contribution in [2.24, 2.45) is 5.92 Å². The van der Waals surface area contributed by atoms with E-state index in [1.54, 1.807) is 0 Å². The molecule has 0 saturated heterocycles. The normalized spacial score (nSPS) is 13.5. The number of carbonyl (C=O) groups excluding carboxylic acids is 1. The number of nitrogens with zero attached hydrogens (tertiary/aromatic N) is 2. The largest absolute Gasteiger partial charge is 0.421 e. The Labute approximate surface area is 135 Å². The third kappa shape index (κ3) is 4.89. The fourth-order valence-electron chi connectivity index (χ4n) is 2.20. The molecule has 0 radical (unpaired) electrons. The summed E-state index contributed by atoms with van der Waals surface area (Å²) in [6.07, 6.45) is 1.53. The lowest BCUT2D eigenvalue weighted by Crippen LogP contribution is -2.41. The Morgan fingerprint density at radius 2 is 2.04 bits per heavy atom. The van der Waals surface area contributed by atoms with Crippen LogP contribution in [0.3, 0.4) is 0 Å². The van der Waals surface area contributed by atoms with E-state index in [2.05, 4.69) is 15.5 Å². The fourth-order valence-corrected chi connectivity index (χ4v) is 2.20. The van der Waals surface area contributed by atoms with E-state index < -0.39 is 0 Å². The second-order valence-electron chi connectivity index (χ2n) is 5.61. The van der Waals surface area contributed by atoms with Gasteiger partial charge in [0, 0.05) is 18.4 Å². The minimum Gasteiger partial charge on any atom is -0.421 e. The van der Waals surface area contributed by atoms with E-state index in [9.17, 15) is 9.90 Å². The van der Waals surface area contributed by atoms with Gasteiger partial charge in [0.15, 0.2) is 0 Å². The molecule has 2 N–H and O–H groups in total. The minimum atomic E-state index is -0.213. The van der Waals surface area contributed by atoms with E-state index in [0.29, 0.717) is 18.2 Å². The van der Waals surface area contributed by atoms with Crippen molar-refractivity contribution < 1.29 is 14.3 Å². The Morgan fingerprint density at radius 1 is 1.30 bits per heavy atom. The summed E-state index contributed by atoms with van der Waals surface area (Å²) in [5.41, 5.74) is 0.854. The van der Waals surface area contributed by atoms with Crippen LogP contribution in [0.2, 0.25) is 0 Å². The van der Waals surface area contributed by atoms with Crippen LogP contribution in [0.25, 0.3) is 11.5 Å². The lowest BCUT2D eigenvalue weighted by molar-refractivity contribution is -0.122. The summed E-state index contributed by atoms with van der Waals surface area (Å²) < 4.78 is 5.57. The van der Waals surface area contributed by atoms with Gasteiger partial charge in [-0.05, 0) is 18.1 Å². The molecule has 0 spiro atoms. The Hall–Kier alpha value is -2.21. The number of hydrogen-bond donors (Lipinski definition) is 2. The number of rotatable bonds is 8. The molecule has 124 valence electrons. The van der Waals surface area contributed by atoms with Crippen LogP contribution in [0.4, 0.5) is 0 Å². The summed E-state index contributed by atoms with van der Waals surface area (Å²) in [6.45, 7) is 3.98. The third-order valence-corrected chi connectivity index (χ3v) is 3.93. The molecular formula is C17H23N3O3. The van der Waals surface area contributed by atoms with Crippen molar-refractivity contribution in [3.05, 3.63) is 36.2 Å². The fraction of sp³-hybridized carbons (Fsp3) is 0.471. The van der Waals surface area contributed by atoms with Crippen molar-refractivity contribution in [1.29, 1.82) is 0 Å². The van der Waals surface area contributed by atoms with Crippen LogP contribution < -0.4 is 5.32 Å². The molecule has 2 rings (SSSR count). The molecule has 2 aromatic rings. The van der Waals surface area contributed by atoms with Crippen LogP contribution >= 0.6 is 0 Å². The van der Waals surface area contributed by atoms with Gasteiger partial charge in [0.2, 0.25) is 17.7 Å². The molecule has 1 aromatic heterocycles. The van der Waals surface area contributed by atoms with E-state index in [1.807, 2.05) is 44.2 Å². The molecule has 2 unspecified atom stereocenters. The number of aromatic nitrogens is 2. The van der Waals surface area contributed by atoms with Gasteiger partial charge in [0.05, 0.1) is 12.6 Å². The van der Waals surface area contributed by atoms with Gasteiger partial charge >= 0.3 is 0 Å². The van der Waals surface area contributed by atoms with Crippen molar-refractivity contribution in [3.8, 4) is 11.5 Å². The first-order valence-corrected chi connectivity index (χ1v) is 7.92. The van der Waals surface area contributed by atoms with Crippen LogP contribution in [0, 0.1) is 5.92 Å². The topological polar surface area (TPSA) is 88.2 Å². The summed E-state index contributed by atoms with van der Waals surface area (Å²) in [7, 11) is 0. The first-order valence-electron chi connectivity index (χ1n) is 7.92. The standard InChI is InChI=1S/C17H23N3O3/c1-3-12(2)14(11-21)18-15(22)9-10-16-19-20-17(23-16)13-7-5-4-6-8-13/h4-8,12,14,21H,3,9-11H2,1-2H3,(H,18,22). The van der Waals surface area contributed by atoms with Crippen LogP contribution in [0.5, 0.6) is 0 Å². The van der Waals surface area contributed by atoms with E-state index in [0.717, 1.165) is 12.0 Å². The van der Waals surface area contributed by atoms with Crippen molar-refractivity contribution in [1.82, 2.24) is 15.5 Å². The summed E-state index contributed by atoms with van der Waals surface area (Å²) in [6, 6.07) is 9.28. The Morgan fingerprint density at radius 3 is 2.70 bits per heavy atom. The maximum atomic E-state index is 12.0. The Balaban J connectivity index is 1.86. The zero-order chi connectivity index (χ0) is 16.7. The molecule has 23 heavy (non-hydrogen) atoms. The number of benzene rings is 1. The summed E-state index contributed by atoms with van der Waals surface area (Å²) in [4.78, 5) is 12.0. The highest BCUT2D eigenvalue weighted by atomic mass is 16.4. The van der Waals surface area contributed by atoms with Crippen molar-refractivity contribution >= 4 is 5.91 Å². The number of carbonyl (C=O) groups is 1. The second kappa shape index (κ2) is 8.43. The number of amides is 1. The predicted octanol–water partition coefficient (Wildman–Crippen LogP) is 2.19.